The Hall–Kier alpha value is -3.08. The molecule has 0 bridgehead atoms. The Balaban J connectivity index is 1.93. The predicted octanol–water partition coefficient (Wildman–Crippen LogP) is 6.87. The van der Waals surface area contributed by atoms with Gasteiger partial charge in [0.25, 0.3) is 0 Å². The second kappa shape index (κ2) is 8.22. The first-order chi connectivity index (χ1) is 14.4. The maximum Gasteiger partial charge on any atom is 0.416 e. The molecule has 1 aromatic heterocycles. The van der Waals surface area contributed by atoms with Crippen molar-refractivity contribution in [2.24, 2.45) is 0 Å². The second-order valence-electron chi connectivity index (χ2n) is 6.18. The van der Waals surface area contributed by atoms with Gasteiger partial charge in [-0.1, -0.05) is 11.6 Å². The molecule has 0 saturated carbocycles. The van der Waals surface area contributed by atoms with Crippen molar-refractivity contribution in [2.75, 3.05) is 11.9 Å². The van der Waals surface area contributed by atoms with Gasteiger partial charge < -0.3 is 9.64 Å². The van der Waals surface area contributed by atoms with Crippen LogP contribution in [-0.4, -0.2) is 17.0 Å². The minimum absolute atomic E-state index is 0.0775. The molecule has 0 atom stereocenters. The fourth-order valence-corrected chi connectivity index (χ4v) is 2.67. The number of halogens is 8. The zero-order valence-electron chi connectivity index (χ0n) is 15.4. The van der Waals surface area contributed by atoms with Gasteiger partial charge in [-0.3, -0.25) is 0 Å². The molecule has 0 spiro atoms. The third kappa shape index (κ3) is 5.16. The number of anilines is 2. The lowest BCUT2D eigenvalue weighted by Crippen LogP contribution is -2.15. The quantitative estimate of drug-likeness (QED) is 0.394. The number of nitrogens with zero attached hydrogens (tertiary/aromatic N) is 3. The van der Waals surface area contributed by atoms with Crippen molar-refractivity contribution in [2.45, 2.75) is 12.4 Å². The lowest BCUT2D eigenvalue weighted by molar-refractivity contribution is -0.138. The standard InChI is InChI=1S/C19H11ClF7N3O/c1-30(14-6-10(18(22,23)24)3-5-13(14)21)16-8-17(29-9-28-16)31-15-7-11(19(25,26)27)2-4-12(15)20/h2-9H,1H3. The van der Waals surface area contributed by atoms with Gasteiger partial charge in [-0.15, -0.1) is 0 Å². The first-order valence-corrected chi connectivity index (χ1v) is 8.71. The van der Waals surface area contributed by atoms with Gasteiger partial charge in [0.1, 0.15) is 23.7 Å². The summed E-state index contributed by atoms with van der Waals surface area (Å²) < 4.78 is 97.0. The Morgan fingerprint density at radius 2 is 1.48 bits per heavy atom. The maximum atomic E-state index is 14.1. The molecule has 2 aromatic carbocycles. The summed E-state index contributed by atoms with van der Waals surface area (Å²) in [6, 6.07) is 5.39. The monoisotopic (exact) mass is 465 g/mol. The molecule has 0 radical (unpaired) electrons. The van der Waals surface area contributed by atoms with Gasteiger partial charge in [-0.25, -0.2) is 14.4 Å². The van der Waals surface area contributed by atoms with E-state index in [-0.39, 0.29) is 22.5 Å². The van der Waals surface area contributed by atoms with Gasteiger partial charge in [0, 0.05) is 13.1 Å². The Morgan fingerprint density at radius 1 is 0.871 bits per heavy atom. The summed E-state index contributed by atoms with van der Waals surface area (Å²) in [4.78, 5) is 8.60. The molecule has 0 aliphatic heterocycles. The maximum absolute atomic E-state index is 14.1. The number of ether oxygens (including phenoxy) is 1. The minimum atomic E-state index is -4.69. The highest BCUT2D eigenvalue weighted by Crippen LogP contribution is 2.38. The summed E-state index contributed by atoms with van der Waals surface area (Å²) >= 11 is 5.87. The number of aromatic nitrogens is 2. The molecule has 12 heteroatoms. The summed E-state index contributed by atoms with van der Waals surface area (Å²) in [6.45, 7) is 0. The summed E-state index contributed by atoms with van der Waals surface area (Å²) in [5.41, 5.74) is -2.52. The van der Waals surface area contributed by atoms with E-state index in [2.05, 4.69) is 9.97 Å². The summed E-state index contributed by atoms with van der Waals surface area (Å²) in [6.07, 6.45) is -8.38. The van der Waals surface area contributed by atoms with E-state index in [4.69, 9.17) is 16.3 Å². The lowest BCUT2D eigenvalue weighted by atomic mass is 10.1. The molecular weight excluding hydrogens is 455 g/mol. The molecule has 164 valence electrons. The van der Waals surface area contributed by atoms with Crippen LogP contribution in [0, 0.1) is 5.82 Å². The van der Waals surface area contributed by atoms with Crippen LogP contribution in [0.15, 0.2) is 48.8 Å². The topological polar surface area (TPSA) is 38.2 Å². The fourth-order valence-electron chi connectivity index (χ4n) is 2.51. The van der Waals surface area contributed by atoms with Crippen molar-refractivity contribution in [1.82, 2.24) is 9.97 Å². The molecule has 0 fully saturated rings. The summed E-state index contributed by atoms with van der Waals surface area (Å²) in [5, 5.41) is -0.134. The molecule has 0 saturated heterocycles. The van der Waals surface area contributed by atoms with E-state index in [1.807, 2.05) is 0 Å². The lowest BCUT2D eigenvalue weighted by Gasteiger charge is -2.20. The number of alkyl halides is 6. The average Bonchev–Trinajstić information content (AvgIpc) is 2.68. The van der Waals surface area contributed by atoms with Crippen LogP contribution in [0.5, 0.6) is 11.6 Å². The third-order valence-electron chi connectivity index (χ3n) is 4.08. The molecule has 0 amide bonds. The van der Waals surface area contributed by atoms with Crippen molar-refractivity contribution in [3.8, 4) is 11.6 Å². The molecule has 0 aliphatic rings. The number of hydrogen-bond acceptors (Lipinski definition) is 4. The first-order valence-electron chi connectivity index (χ1n) is 8.33. The number of rotatable bonds is 4. The van der Waals surface area contributed by atoms with Crippen LogP contribution in [0.3, 0.4) is 0 Å². The zero-order chi connectivity index (χ0) is 23.0. The van der Waals surface area contributed by atoms with Gasteiger partial charge in [0.15, 0.2) is 0 Å². The van der Waals surface area contributed by atoms with Crippen LogP contribution in [0.25, 0.3) is 0 Å². The highest BCUT2D eigenvalue weighted by atomic mass is 35.5. The third-order valence-corrected chi connectivity index (χ3v) is 4.39. The van der Waals surface area contributed by atoms with Crippen molar-refractivity contribution in [3.63, 3.8) is 0 Å². The van der Waals surface area contributed by atoms with E-state index in [1.54, 1.807) is 0 Å². The predicted molar refractivity (Wildman–Crippen MR) is 98.0 cm³/mol. The Morgan fingerprint density at radius 3 is 2.13 bits per heavy atom. The van der Waals surface area contributed by atoms with Gasteiger partial charge in [0.2, 0.25) is 5.88 Å². The van der Waals surface area contributed by atoms with E-state index < -0.39 is 35.0 Å². The van der Waals surface area contributed by atoms with E-state index >= 15 is 0 Å². The summed E-state index contributed by atoms with van der Waals surface area (Å²) in [7, 11) is 1.25. The highest BCUT2D eigenvalue weighted by molar-refractivity contribution is 6.32. The van der Waals surface area contributed by atoms with Gasteiger partial charge >= 0.3 is 12.4 Å². The molecule has 3 aromatic rings. The average molecular weight is 466 g/mol. The minimum Gasteiger partial charge on any atom is -0.437 e. The zero-order valence-corrected chi connectivity index (χ0v) is 16.1. The van der Waals surface area contributed by atoms with Crippen LogP contribution in [0.1, 0.15) is 11.1 Å². The Labute approximate surface area is 175 Å². The highest BCUT2D eigenvalue weighted by Gasteiger charge is 2.32. The SMILES string of the molecule is CN(c1cc(Oc2cc(C(F)(F)F)ccc2Cl)ncn1)c1cc(C(F)(F)F)ccc1F. The second-order valence-corrected chi connectivity index (χ2v) is 6.59. The van der Waals surface area contributed by atoms with Crippen LogP contribution in [0.4, 0.5) is 42.2 Å². The number of benzene rings is 2. The molecule has 31 heavy (non-hydrogen) atoms. The van der Waals surface area contributed by atoms with E-state index in [0.29, 0.717) is 24.3 Å². The molecule has 3 rings (SSSR count). The molecule has 0 aliphatic carbocycles. The smallest absolute Gasteiger partial charge is 0.416 e. The van der Waals surface area contributed by atoms with Crippen molar-refractivity contribution in [1.29, 1.82) is 0 Å². The van der Waals surface area contributed by atoms with Crippen molar-refractivity contribution >= 4 is 23.1 Å². The van der Waals surface area contributed by atoms with Crippen LogP contribution in [0.2, 0.25) is 5.02 Å². The molecule has 4 nitrogen and oxygen atoms in total. The van der Waals surface area contributed by atoms with E-state index in [0.717, 1.165) is 29.4 Å². The Bertz CT molecular complexity index is 1100. The van der Waals surface area contributed by atoms with E-state index in [9.17, 15) is 30.7 Å². The van der Waals surface area contributed by atoms with Crippen LogP contribution >= 0.6 is 11.6 Å². The molecule has 0 N–H and O–H groups in total. The number of hydrogen-bond donors (Lipinski definition) is 0. The normalized spacial score (nSPS) is 12.0. The Kier molecular flexibility index (Phi) is 5.99. The van der Waals surface area contributed by atoms with Gasteiger partial charge in [-0.2, -0.15) is 26.3 Å². The molecular formula is C19H11ClF7N3O. The van der Waals surface area contributed by atoms with Gasteiger partial charge in [0.05, 0.1) is 21.8 Å². The van der Waals surface area contributed by atoms with Crippen molar-refractivity contribution in [3.05, 3.63) is 70.8 Å². The molecule has 0 unspecified atom stereocenters. The first kappa shape index (κ1) is 22.6. The van der Waals surface area contributed by atoms with Gasteiger partial charge in [-0.05, 0) is 36.4 Å². The van der Waals surface area contributed by atoms with Crippen LogP contribution in [-0.2, 0) is 12.4 Å². The van der Waals surface area contributed by atoms with E-state index in [1.165, 1.54) is 7.05 Å². The van der Waals surface area contributed by atoms with Crippen LogP contribution < -0.4 is 9.64 Å². The largest absolute Gasteiger partial charge is 0.437 e. The van der Waals surface area contributed by atoms with Crippen molar-refractivity contribution < 1.29 is 35.5 Å². The summed E-state index contributed by atoms with van der Waals surface area (Å²) in [5.74, 6) is -1.64. The molecule has 1 heterocycles. The fraction of sp³-hybridized carbons (Fsp3) is 0.158.